The van der Waals surface area contributed by atoms with E-state index >= 15 is 0 Å². The van der Waals surface area contributed by atoms with Crippen LogP contribution in [0.5, 0.6) is 0 Å². The van der Waals surface area contributed by atoms with Gasteiger partial charge in [0.1, 0.15) is 5.84 Å². The van der Waals surface area contributed by atoms with Crippen molar-refractivity contribution in [1.29, 1.82) is 0 Å². The number of nitrogens with zero attached hydrogens (tertiary/aromatic N) is 1. The van der Waals surface area contributed by atoms with Gasteiger partial charge in [-0.05, 0) is 0 Å². The highest BCUT2D eigenvalue weighted by Gasteiger charge is 2.07. The van der Waals surface area contributed by atoms with Crippen molar-refractivity contribution in [3.63, 3.8) is 0 Å². The van der Waals surface area contributed by atoms with Gasteiger partial charge in [0.05, 0.1) is 6.61 Å². The summed E-state index contributed by atoms with van der Waals surface area (Å²) in [4.78, 5) is 0. The summed E-state index contributed by atoms with van der Waals surface area (Å²) < 4.78 is 31.4. The number of ether oxygens (including phenoxy) is 1. The molecule has 0 amide bonds. The molecule has 90 valence electrons. The van der Waals surface area contributed by atoms with Gasteiger partial charge in [-0.3, -0.25) is 0 Å². The summed E-state index contributed by atoms with van der Waals surface area (Å²) in [5, 5.41) is 10.9. The molecule has 0 saturated carbocycles. The summed E-state index contributed by atoms with van der Waals surface area (Å²) in [7, 11) is -2.06. The molecule has 0 fully saturated rings. The summed E-state index contributed by atoms with van der Waals surface area (Å²) >= 11 is 0. The van der Waals surface area contributed by atoms with Crippen molar-refractivity contribution in [1.82, 2.24) is 9.44 Å². The first-order valence-electron chi connectivity index (χ1n) is 4.21. The molecule has 0 rings (SSSR count). The Labute approximate surface area is 88.7 Å². The van der Waals surface area contributed by atoms with Crippen molar-refractivity contribution in [3.8, 4) is 0 Å². The summed E-state index contributed by atoms with van der Waals surface area (Å²) in [5.41, 5.74) is 5.15. The van der Waals surface area contributed by atoms with Crippen LogP contribution in [0, 0.1) is 0 Å². The molecule has 8 nitrogen and oxygen atoms in total. The zero-order valence-electron chi connectivity index (χ0n) is 8.43. The Morgan fingerprint density at radius 1 is 1.47 bits per heavy atom. The number of nitrogens with one attached hydrogen (secondary N) is 2. The second-order valence-electron chi connectivity index (χ2n) is 2.63. The van der Waals surface area contributed by atoms with E-state index in [1.165, 1.54) is 7.11 Å². The van der Waals surface area contributed by atoms with Crippen LogP contribution in [-0.2, 0) is 14.9 Å². The molecule has 0 aromatic carbocycles. The first kappa shape index (κ1) is 14.1. The van der Waals surface area contributed by atoms with E-state index in [1.807, 2.05) is 0 Å². The first-order valence-corrected chi connectivity index (χ1v) is 5.69. The Morgan fingerprint density at radius 2 is 2.07 bits per heavy atom. The molecule has 5 N–H and O–H groups in total. The summed E-state index contributed by atoms with van der Waals surface area (Å²) in [6.45, 7) is 0.550. The lowest BCUT2D eigenvalue weighted by molar-refractivity contribution is 0.204. The highest BCUT2D eigenvalue weighted by Crippen LogP contribution is 1.81. The third kappa shape index (κ3) is 8.12. The Balaban J connectivity index is 3.75. The third-order valence-electron chi connectivity index (χ3n) is 1.40. The molecule has 0 saturated heterocycles. The lowest BCUT2D eigenvalue weighted by Gasteiger charge is -2.06. The molecule has 0 aliphatic rings. The van der Waals surface area contributed by atoms with Crippen molar-refractivity contribution >= 4 is 16.0 Å². The van der Waals surface area contributed by atoms with Crippen molar-refractivity contribution in [2.45, 2.75) is 6.42 Å². The van der Waals surface area contributed by atoms with E-state index in [1.54, 1.807) is 0 Å². The van der Waals surface area contributed by atoms with Crippen LogP contribution in [0.2, 0.25) is 0 Å². The van der Waals surface area contributed by atoms with E-state index in [4.69, 9.17) is 10.9 Å². The molecule has 9 heteroatoms. The second kappa shape index (κ2) is 7.40. The van der Waals surface area contributed by atoms with Crippen molar-refractivity contribution in [2.24, 2.45) is 10.9 Å². The van der Waals surface area contributed by atoms with Crippen LogP contribution in [0.4, 0.5) is 0 Å². The quantitative estimate of drug-likeness (QED) is 0.131. The highest BCUT2D eigenvalue weighted by atomic mass is 32.2. The molecule has 0 aromatic heterocycles. The molecular formula is C6H16N4O4S. The van der Waals surface area contributed by atoms with Gasteiger partial charge in [0.25, 0.3) is 10.2 Å². The van der Waals surface area contributed by atoms with Crippen LogP contribution < -0.4 is 15.2 Å². The normalized spacial score (nSPS) is 13.0. The van der Waals surface area contributed by atoms with Crippen molar-refractivity contribution in [3.05, 3.63) is 0 Å². The molecule has 0 aromatic rings. The second-order valence-corrected chi connectivity index (χ2v) is 4.21. The van der Waals surface area contributed by atoms with E-state index in [-0.39, 0.29) is 25.3 Å². The van der Waals surface area contributed by atoms with Gasteiger partial charge in [-0.1, -0.05) is 5.16 Å². The Bertz CT molecular complexity index is 290. The van der Waals surface area contributed by atoms with Crippen molar-refractivity contribution < 1.29 is 18.4 Å². The van der Waals surface area contributed by atoms with Crippen LogP contribution in [0.25, 0.3) is 0 Å². The Hall–Kier alpha value is -0.900. The smallest absolute Gasteiger partial charge is 0.276 e. The molecule has 0 radical (unpaired) electrons. The number of amidine groups is 1. The number of hydrogen-bond acceptors (Lipinski definition) is 5. The topological polar surface area (TPSA) is 126 Å². The van der Waals surface area contributed by atoms with Crippen LogP contribution in [0.3, 0.4) is 0 Å². The van der Waals surface area contributed by atoms with Crippen LogP contribution >= 0.6 is 0 Å². The molecular weight excluding hydrogens is 224 g/mol. The Kier molecular flexibility index (Phi) is 6.96. The molecule has 0 atom stereocenters. The van der Waals surface area contributed by atoms with Gasteiger partial charge in [-0.15, -0.1) is 0 Å². The number of hydrogen-bond donors (Lipinski definition) is 4. The lowest BCUT2D eigenvalue weighted by atomic mass is 10.4. The molecule has 15 heavy (non-hydrogen) atoms. The maximum Gasteiger partial charge on any atom is 0.276 e. The van der Waals surface area contributed by atoms with Gasteiger partial charge < -0.3 is 15.7 Å². The monoisotopic (exact) mass is 240 g/mol. The highest BCUT2D eigenvalue weighted by molar-refractivity contribution is 7.87. The van der Waals surface area contributed by atoms with Crippen molar-refractivity contribution in [2.75, 3.05) is 26.8 Å². The fourth-order valence-electron chi connectivity index (χ4n) is 0.693. The minimum Gasteiger partial charge on any atom is -0.409 e. The van der Waals surface area contributed by atoms with Gasteiger partial charge in [0, 0.05) is 26.6 Å². The predicted molar refractivity (Wildman–Crippen MR) is 54.8 cm³/mol. The standard InChI is InChI=1S/C6H16N4O4S/c1-14-5-4-9-15(12,13)8-3-2-6(7)10-11/h8-9,11H,2-5H2,1H3,(H2,7,10). The van der Waals surface area contributed by atoms with Crippen LogP contribution in [-0.4, -0.2) is 46.3 Å². The maximum atomic E-state index is 11.2. The van der Waals surface area contributed by atoms with E-state index in [0.717, 1.165) is 0 Å². The number of methoxy groups -OCH3 is 1. The van der Waals surface area contributed by atoms with Gasteiger partial charge in [-0.2, -0.15) is 13.1 Å². The summed E-state index contributed by atoms with van der Waals surface area (Å²) in [6.07, 6.45) is 0.141. The zero-order valence-corrected chi connectivity index (χ0v) is 9.25. The van der Waals surface area contributed by atoms with Crippen LogP contribution in [0.1, 0.15) is 6.42 Å². The van der Waals surface area contributed by atoms with Gasteiger partial charge in [0.15, 0.2) is 0 Å². The first-order chi connectivity index (χ1) is 7.02. The van der Waals surface area contributed by atoms with Crippen LogP contribution in [0.15, 0.2) is 5.16 Å². The van der Waals surface area contributed by atoms with E-state index in [2.05, 4.69) is 19.3 Å². The number of rotatable bonds is 8. The Morgan fingerprint density at radius 3 is 2.60 bits per heavy atom. The van der Waals surface area contributed by atoms with Gasteiger partial charge in [-0.25, -0.2) is 4.72 Å². The fraction of sp³-hybridized carbons (Fsp3) is 0.833. The van der Waals surface area contributed by atoms with E-state index in [9.17, 15) is 8.42 Å². The average Bonchev–Trinajstić information content (AvgIpc) is 2.17. The van der Waals surface area contributed by atoms with E-state index in [0.29, 0.717) is 6.61 Å². The largest absolute Gasteiger partial charge is 0.409 e. The molecule has 0 aliphatic heterocycles. The molecule has 0 unspecified atom stereocenters. The molecule has 0 spiro atoms. The summed E-state index contributed by atoms with van der Waals surface area (Å²) in [5.74, 6) is -0.0328. The average molecular weight is 240 g/mol. The van der Waals surface area contributed by atoms with Gasteiger partial charge >= 0.3 is 0 Å². The maximum absolute atomic E-state index is 11.2. The van der Waals surface area contributed by atoms with E-state index < -0.39 is 10.2 Å². The molecule has 0 bridgehead atoms. The fourth-order valence-corrected chi connectivity index (χ4v) is 1.52. The number of oxime groups is 1. The minimum absolute atomic E-state index is 0.0328. The SMILES string of the molecule is COCCNS(=O)(=O)NCCC(N)=NO. The summed E-state index contributed by atoms with van der Waals surface area (Å²) in [6, 6.07) is 0. The zero-order chi connectivity index (χ0) is 11.7. The van der Waals surface area contributed by atoms with Gasteiger partial charge in [0.2, 0.25) is 0 Å². The molecule has 0 aliphatic carbocycles. The lowest BCUT2D eigenvalue weighted by Crippen LogP contribution is -2.39. The predicted octanol–water partition coefficient (Wildman–Crippen LogP) is -1.81. The minimum atomic E-state index is -3.53. The molecule has 0 heterocycles. The number of nitrogens with two attached hydrogens (primary N) is 1. The third-order valence-corrected chi connectivity index (χ3v) is 2.57.